The molecule has 2 aliphatic heterocycles. The van der Waals surface area contributed by atoms with Gasteiger partial charge in [-0.2, -0.15) is 15.5 Å². The minimum absolute atomic E-state index is 0.0539. The molecule has 5 heterocycles. The lowest BCUT2D eigenvalue weighted by Crippen LogP contribution is -2.55. The molecule has 35 heavy (non-hydrogen) atoms. The number of carbonyl (C=O) groups excluding carboxylic acids is 2. The van der Waals surface area contributed by atoms with Gasteiger partial charge in [0.2, 0.25) is 12.3 Å². The first kappa shape index (κ1) is 23.8. The number of nitrogens with zero attached hydrogens (tertiary/aromatic N) is 7. The lowest BCUT2D eigenvalue weighted by Gasteiger charge is -2.40. The Hall–Kier alpha value is -4.31. The third kappa shape index (κ3) is 4.69. The first-order valence-corrected chi connectivity index (χ1v) is 11.4. The van der Waals surface area contributed by atoms with Crippen molar-refractivity contribution in [3.63, 3.8) is 0 Å². The van der Waals surface area contributed by atoms with Crippen LogP contribution in [-0.4, -0.2) is 74.8 Å². The second-order valence-electron chi connectivity index (χ2n) is 8.57. The van der Waals surface area contributed by atoms with Crippen molar-refractivity contribution < 1.29 is 14.3 Å². The standard InChI is InChI=1S/C22H23N7O3.C3H4/c1-32-20-6-15(12-29-21(20)16(7-23)8-25-29)17-9-24-28(13-17)19-2-4-27(5-3-19)22(31)18-10-26(11-18)14-30;1-3-2/h6,8-9,12-14,18-19H,2-5,10-11H2,1H3;1H,2H3. The van der Waals surface area contributed by atoms with Gasteiger partial charge in [0.25, 0.3) is 0 Å². The molecule has 0 saturated carbocycles. The quantitative estimate of drug-likeness (QED) is 0.414. The molecule has 0 radical (unpaired) electrons. The number of rotatable bonds is 5. The van der Waals surface area contributed by atoms with Crippen LogP contribution in [0.25, 0.3) is 16.6 Å². The molecule has 2 saturated heterocycles. The maximum Gasteiger partial charge on any atom is 0.229 e. The Morgan fingerprint density at radius 3 is 2.54 bits per heavy atom. The lowest BCUT2D eigenvalue weighted by molar-refractivity contribution is -0.144. The zero-order valence-corrected chi connectivity index (χ0v) is 19.8. The predicted molar refractivity (Wildman–Crippen MR) is 128 cm³/mol. The van der Waals surface area contributed by atoms with E-state index in [2.05, 4.69) is 28.6 Å². The normalized spacial score (nSPS) is 16.0. The van der Waals surface area contributed by atoms with Gasteiger partial charge in [0.05, 0.1) is 31.5 Å². The maximum atomic E-state index is 12.6. The van der Waals surface area contributed by atoms with Gasteiger partial charge in [-0.15, -0.1) is 12.3 Å². The van der Waals surface area contributed by atoms with Gasteiger partial charge in [-0.05, 0) is 25.8 Å². The summed E-state index contributed by atoms with van der Waals surface area (Å²) in [5.41, 5.74) is 2.93. The van der Waals surface area contributed by atoms with Crippen molar-refractivity contribution >= 4 is 17.8 Å². The molecular formula is C25H27N7O3. The number of hydrogen-bond acceptors (Lipinski definition) is 6. The minimum atomic E-state index is -0.0539. The molecule has 180 valence electrons. The van der Waals surface area contributed by atoms with Gasteiger partial charge in [0.1, 0.15) is 22.9 Å². The molecule has 2 aliphatic rings. The lowest BCUT2D eigenvalue weighted by atomic mass is 9.97. The van der Waals surface area contributed by atoms with E-state index in [9.17, 15) is 14.9 Å². The average molecular weight is 474 g/mol. The SMILES string of the molecule is C#CC.COc1cc(-c2cnn(C3CCN(C(=O)C4CN(C=O)C4)CC3)c2)cn2ncc(C#N)c12. The van der Waals surface area contributed by atoms with Crippen LogP contribution in [0, 0.1) is 29.6 Å². The number of fused-ring (bicyclic) bond motifs is 1. The topological polar surface area (TPSA) is 109 Å². The maximum absolute atomic E-state index is 12.6. The molecule has 0 unspecified atom stereocenters. The van der Waals surface area contributed by atoms with Crippen molar-refractivity contribution in [2.45, 2.75) is 25.8 Å². The molecule has 0 bridgehead atoms. The van der Waals surface area contributed by atoms with E-state index in [0.717, 1.165) is 30.4 Å². The van der Waals surface area contributed by atoms with Crippen LogP contribution in [0.2, 0.25) is 0 Å². The highest BCUT2D eigenvalue weighted by molar-refractivity contribution is 5.81. The summed E-state index contributed by atoms with van der Waals surface area (Å²) < 4.78 is 9.12. The summed E-state index contributed by atoms with van der Waals surface area (Å²) in [6.45, 7) is 4.11. The first-order valence-electron chi connectivity index (χ1n) is 11.4. The van der Waals surface area contributed by atoms with Gasteiger partial charge in [-0.3, -0.25) is 14.3 Å². The molecule has 2 amide bonds. The largest absolute Gasteiger partial charge is 0.494 e. The number of likely N-dealkylation sites (tertiary alicyclic amines) is 2. The zero-order valence-electron chi connectivity index (χ0n) is 19.8. The zero-order chi connectivity index (χ0) is 24.9. The summed E-state index contributed by atoms with van der Waals surface area (Å²) in [6, 6.07) is 4.25. The molecule has 2 fully saturated rings. The molecule has 0 aromatic carbocycles. The molecule has 0 atom stereocenters. The van der Waals surface area contributed by atoms with Gasteiger partial charge in [0.15, 0.2) is 0 Å². The van der Waals surface area contributed by atoms with E-state index in [1.807, 2.05) is 34.2 Å². The van der Waals surface area contributed by atoms with E-state index in [1.165, 1.54) is 6.20 Å². The van der Waals surface area contributed by atoms with Gasteiger partial charge in [-0.1, -0.05) is 0 Å². The number of ether oxygens (including phenoxy) is 1. The summed E-state index contributed by atoms with van der Waals surface area (Å²) in [5, 5.41) is 18.1. The highest BCUT2D eigenvalue weighted by Gasteiger charge is 2.36. The van der Waals surface area contributed by atoms with Crippen LogP contribution in [0.1, 0.15) is 31.4 Å². The molecule has 3 aromatic rings. The minimum Gasteiger partial charge on any atom is -0.494 e. The van der Waals surface area contributed by atoms with Crippen LogP contribution in [-0.2, 0) is 9.59 Å². The second kappa shape index (κ2) is 10.3. The molecule has 10 nitrogen and oxygen atoms in total. The third-order valence-electron chi connectivity index (χ3n) is 6.41. The van der Waals surface area contributed by atoms with E-state index in [4.69, 9.17) is 4.74 Å². The fraction of sp³-hybridized carbons (Fsp3) is 0.400. The summed E-state index contributed by atoms with van der Waals surface area (Å²) in [4.78, 5) is 26.8. The van der Waals surface area contributed by atoms with Crippen LogP contribution in [0.4, 0.5) is 0 Å². The van der Waals surface area contributed by atoms with Crippen molar-refractivity contribution in [3.8, 4) is 35.3 Å². The van der Waals surface area contributed by atoms with Crippen molar-refractivity contribution in [2.24, 2.45) is 5.92 Å². The number of piperidine rings is 1. The van der Waals surface area contributed by atoms with Gasteiger partial charge in [0, 0.05) is 49.7 Å². The smallest absolute Gasteiger partial charge is 0.229 e. The van der Waals surface area contributed by atoms with Gasteiger partial charge < -0.3 is 14.5 Å². The number of amides is 2. The van der Waals surface area contributed by atoms with Crippen molar-refractivity contribution in [3.05, 3.63) is 36.4 Å². The highest BCUT2D eigenvalue weighted by Crippen LogP contribution is 2.31. The number of carbonyl (C=O) groups is 2. The van der Waals surface area contributed by atoms with E-state index >= 15 is 0 Å². The second-order valence-corrected chi connectivity index (χ2v) is 8.57. The number of hydrogen-bond donors (Lipinski definition) is 0. The number of terminal acetylenes is 1. The van der Waals surface area contributed by atoms with E-state index in [-0.39, 0.29) is 17.9 Å². The fourth-order valence-electron chi connectivity index (χ4n) is 4.53. The molecule has 5 rings (SSSR count). The van der Waals surface area contributed by atoms with Crippen molar-refractivity contribution in [1.82, 2.24) is 29.2 Å². The number of pyridine rings is 1. The number of aromatic nitrogens is 4. The van der Waals surface area contributed by atoms with Crippen LogP contribution < -0.4 is 4.74 Å². The average Bonchev–Trinajstić information content (AvgIpc) is 3.51. The Balaban J connectivity index is 0.000000917. The van der Waals surface area contributed by atoms with Crippen molar-refractivity contribution in [2.75, 3.05) is 33.3 Å². The van der Waals surface area contributed by atoms with Crippen LogP contribution >= 0.6 is 0 Å². The summed E-state index contributed by atoms with van der Waals surface area (Å²) >= 11 is 0. The third-order valence-corrected chi connectivity index (χ3v) is 6.41. The molecule has 0 aliphatic carbocycles. The van der Waals surface area contributed by atoms with Crippen LogP contribution in [0.5, 0.6) is 5.75 Å². The van der Waals surface area contributed by atoms with Crippen molar-refractivity contribution in [1.29, 1.82) is 5.26 Å². The Morgan fingerprint density at radius 2 is 1.91 bits per heavy atom. The number of nitriles is 1. The van der Waals surface area contributed by atoms with Gasteiger partial charge in [-0.25, -0.2) is 4.52 Å². The summed E-state index contributed by atoms with van der Waals surface area (Å²) in [6.07, 6.45) is 14.3. The molecule has 3 aromatic heterocycles. The molecule has 10 heteroatoms. The highest BCUT2D eigenvalue weighted by atomic mass is 16.5. The summed E-state index contributed by atoms with van der Waals surface area (Å²) in [7, 11) is 1.58. The molecular weight excluding hydrogens is 446 g/mol. The number of methoxy groups -OCH3 is 1. The Kier molecular flexibility index (Phi) is 7.02. The Labute approximate surface area is 203 Å². The van der Waals surface area contributed by atoms with E-state index in [1.54, 1.807) is 23.4 Å². The monoisotopic (exact) mass is 473 g/mol. The Morgan fingerprint density at radius 1 is 1.20 bits per heavy atom. The Bertz CT molecular complexity index is 1300. The van der Waals surface area contributed by atoms with E-state index < -0.39 is 0 Å². The molecule has 0 N–H and O–H groups in total. The molecule has 0 spiro atoms. The van der Waals surface area contributed by atoms with E-state index in [0.29, 0.717) is 43.0 Å². The fourth-order valence-corrected chi connectivity index (χ4v) is 4.53. The van der Waals surface area contributed by atoms with Gasteiger partial charge >= 0.3 is 0 Å². The van der Waals surface area contributed by atoms with Crippen LogP contribution in [0.15, 0.2) is 30.9 Å². The van der Waals surface area contributed by atoms with Crippen LogP contribution in [0.3, 0.4) is 0 Å². The summed E-state index contributed by atoms with van der Waals surface area (Å²) in [5.74, 6) is 2.93. The predicted octanol–water partition coefficient (Wildman–Crippen LogP) is 1.97. The first-order chi connectivity index (χ1) is 17.0.